The van der Waals surface area contributed by atoms with Crippen LogP contribution in [0.25, 0.3) is 22.3 Å². The Hall–Kier alpha value is -3.85. The van der Waals surface area contributed by atoms with Crippen molar-refractivity contribution in [3.05, 3.63) is 100.0 Å². The summed E-state index contributed by atoms with van der Waals surface area (Å²) in [5.74, 6) is -0.261. The van der Waals surface area contributed by atoms with Crippen LogP contribution in [0, 0.1) is 5.21 Å². The molecule has 144 valence electrons. The summed E-state index contributed by atoms with van der Waals surface area (Å²) in [6.45, 7) is 0. The van der Waals surface area contributed by atoms with E-state index in [0.29, 0.717) is 22.3 Å². The second kappa shape index (κ2) is 7.64. The second-order valence-corrected chi connectivity index (χ2v) is 6.28. The highest BCUT2D eigenvalue weighted by atomic mass is 16.8. The number of carbonyl (C=O) groups excluding carboxylic acids is 1. The molecule has 0 bridgehead atoms. The van der Waals surface area contributed by atoms with Gasteiger partial charge in [-0.3, -0.25) is 15.0 Å². The van der Waals surface area contributed by atoms with Gasteiger partial charge in [-0.05, 0) is 24.3 Å². The molecule has 1 amide bonds. The molecular formula is C21H16N4O4. The maximum absolute atomic E-state index is 13.1. The van der Waals surface area contributed by atoms with Crippen LogP contribution in [0.3, 0.4) is 0 Å². The molecule has 4 aromatic rings. The van der Waals surface area contributed by atoms with Gasteiger partial charge in [-0.1, -0.05) is 42.5 Å². The molecule has 29 heavy (non-hydrogen) atoms. The van der Waals surface area contributed by atoms with Crippen LogP contribution in [-0.4, -0.2) is 20.8 Å². The predicted octanol–water partition coefficient (Wildman–Crippen LogP) is 1.85. The Morgan fingerprint density at radius 3 is 2.31 bits per heavy atom. The molecule has 8 nitrogen and oxygen atoms in total. The number of fused-ring (bicyclic) bond motifs is 1. The Morgan fingerprint density at radius 1 is 0.966 bits per heavy atom. The quantitative estimate of drug-likeness (QED) is 0.462. The van der Waals surface area contributed by atoms with Crippen molar-refractivity contribution in [1.29, 1.82) is 0 Å². The number of para-hydroxylation sites is 1. The van der Waals surface area contributed by atoms with E-state index >= 15 is 0 Å². The summed E-state index contributed by atoms with van der Waals surface area (Å²) < 4.78 is 1.12. The van der Waals surface area contributed by atoms with Crippen LogP contribution in [-0.2, 0) is 0 Å². The van der Waals surface area contributed by atoms with E-state index in [1.165, 1.54) is 24.3 Å². The molecule has 4 rings (SSSR count). The van der Waals surface area contributed by atoms with Crippen LogP contribution in [0.2, 0.25) is 0 Å². The largest absolute Gasteiger partial charge is 0.595 e. The van der Waals surface area contributed by atoms with Gasteiger partial charge in [0, 0.05) is 23.3 Å². The van der Waals surface area contributed by atoms with E-state index in [1.54, 1.807) is 36.4 Å². The molecule has 0 saturated carbocycles. The average Bonchev–Trinajstić information content (AvgIpc) is 2.76. The van der Waals surface area contributed by atoms with E-state index in [9.17, 15) is 14.8 Å². The molecule has 0 saturated heterocycles. The molecule has 0 fully saturated rings. The minimum Gasteiger partial charge on any atom is -0.595 e. The average molecular weight is 388 g/mol. The standard InChI is InChI=1S/C21H16N4O4/c26-20(15-10-12-16(13-11-15)25(28)29)23-24-19(14-6-2-1-3-7-14)22-18-9-5-4-8-17(18)21(24)27/h1-13,25,28H,(H,23,26). The van der Waals surface area contributed by atoms with E-state index in [4.69, 9.17) is 5.21 Å². The van der Waals surface area contributed by atoms with Gasteiger partial charge in [0.25, 0.3) is 11.5 Å². The Bertz CT molecular complexity index is 1240. The number of amides is 1. The van der Waals surface area contributed by atoms with Gasteiger partial charge in [-0.25, -0.2) is 10.2 Å². The fourth-order valence-electron chi connectivity index (χ4n) is 2.95. The van der Waals surface area contributed by atoms with Crippen molar-refractivity contribution < 1.29 is 15.2 Å². The van der Waals surface area contributed by atoms with Crippen molar-refractivity contribution in [3.8, 4) is 11.4 Å². The Labute approximate surface area is 164 Å². The first-order chi connectivity index (χ1) is 14.0. The zero-order valence-electron chi connectivity index (χ0n) is 15.1. The fraction of sp³-hybridized carbons (Fsp3) is 0. The lowest BCUT2D eigenvalue weighted by atomic mass is 10.2. The molecular weight excluding hydrogens is 372 g/mol. The maximum atomic E-state index is 13.1. The first-order valence-electron chi connectivity index (χ1n) is 8.76. The van der Waals surface area contributed by atoms with E-state index in [-0.39, 0.29) is 11.3 Å². The zero-order chi connectivity index (χ0) is 20.4. The lowest BCUT2D eigenvalue weighted by molar-refractivity contribution is -0.991. The number of benzene rings is 3. The molecule has 3 aromatic carbocycles. The van der Waals surface area contributed by atoms with Crippen molar-refractivity contribution in [3.63, 3.8) is 0 Å². The van der Waals surface area contributed by atoms with E-state index in [1.807, 2.05) is 18.2 Å². The number of rotatable bonds is 4. The van der Waals surface area contributed by atoms with Crippen LogP contribution in [0.15, 0.2) is 83.7 Å². The monoisotopic (exact) mass is 388 g/mol. The van der Waals surface area contributed by atoms with Crippen molar-refractivity contribution in [1.82, 2.24) is 9.66 Å². The Balaban J connectivity index is 1.80. The van der Waals surface area contributed by atoms with Crippen LogP contribution in [0.1, 0.15) is 10.4 Å². The smallest absolute Gasteiger partial charge is 0.280 e. The molecule has 0 aliphatic rings. The number of carbonyl (C=O) groups is 1. The van der Waals surface area contributed by atoms with Gasteiger partial charge >= 0.3 is 0 Å². The molecule has 1 heterocycles. The van der Waals surface area contributed by atoms with Crippen LogP contribution in [0.4, 0.5) is 5.69 Å². The number of hydrogen-bond acceptors (Lipinski definition) is 5. The summed E-state index contributed by atoms with van der Waals surface area (Å²) in [6.07, 6.45) is 0. The number of nitrogens with zero attached hydrogens (tertiary/aromatic N) is 2. The normalized spacial score (nSPS) is 11.9. The van der Waals surface area contributed by atoms with E-state index in [0.717, 1.165) is 4.68 Å². The zero-order valence-corrected chi connectivity index (χ0v) is 15.1. The third-order valence-corrected chi connectivity index (χ3v) is 4.42. The van der Waals surface area contributed by atoms with Crippen molar-refractivity contribution in [2.45, 2.75) is 0 Å². The number of quaternary nitrogens is 1. The van der Waals surface area contributed by atoms with Gasteiger partial charge in [-0.15, -0.1) is 0 Å². The number of hydrogen-bond donors (Lipinski definition) is 3. The minimum absolute atomic E-state index is 0.0658. The van der Waals surface area contributed by atoms with Crippen LogP contribution in [0.5, 0.6) is 0 Å². The Kier molecular flexibility index (Phi) is 4.88. The van der Waals surface area contributed by atoms with Gasteiger partial charge in [0.1, 0.15) is 0 Å². The summed E-state index contributed by atoms with van der Waals surface area (Å²) >= 11 is 0. The molecule has 8 heteroatoms. The fourth-order valence-corrected chi connectivity index (χ4v) is 2.95. The van der Waals surface area contributed by atoms with Gasteiger partial charge in [0.2, 0.25) is 0 Å². The van der Waals surface area contributed by atoms with Gasteiger partial charge in [0.05, 0.1) is 10.9 Å². The molecule has 1 unspecified atom stereocenters. The summed E-state index contributed by atoms with van der Waals surface area (Å²) in [7, 11) is 0. The van der Waals surface area contributed by atoms with Crippen molar-refractivity contribution in [2.75, 3.05) is 5.43 Å². The van der Waals surface area contributed by atoms with Crippen molar-refractivity contribution >= 4 is 22.5 Å². The lowest BCUT2D eigenvalue weighted by Gasteiger charge is -2.15. The molecule has 0 spiro atoms. The Morgan fingerprint density at radius 2 is 1.62 bits per heavy atom. The van der Waals surface area contributed by atoms with Crippen LogP contribution < -0.4 is 16.2 Å². The molecule has 0 aliphatic heterocycles. The van der Waals surface area contributed by atoms with Gasteiger partial charge < -0.3 is 5.21 Å². The molecule has 1 atom stereocenters. The predicted molar refractivity (Wildman–Crippen MR) is 107 cm³/mol. The number of nitrogens with one attached hydrogen (secondary N) is 2. The summed E-state index contributed by atoms with van der Waals surface area (Å²) in [5, 5.41) is 19.3. The molecule has 1 aromatic heterocycles. The summed E-state index contributed by atoms with van der Waals surface area (Å²) in [6, 6.07) is 21.4. The second-order valence-electron chi connectivity index (χ2n) is 6.28. The molecule has 3 N–H and O–H groups in total. The maximum Gasteiger partial charge on any atom is 0.280 e. The third-order valence-electron chi connectivity index (χ3n) is 4.42. The topological polar surface area (TPSA) is 112 Å². The first kappa shape index (κ1) is 18.5. The van der Waals surface area contributed by atoms with E-state index in [2.05, 4.69) is 10.4 Å². The van der Waals surface area contributed by atoms with Crippen LogP contribution >= 0.6 is 0 Å². The minimum atomic E-state index is -1.08. The first-order valence-corrected chi connectivity index (χ1v) is 8.76. The molecule has 0 radical (unpaired) electrons. The van der Waals surface area contributed by atoms with Gasteiger partial charge in [-0.2, -0.15) is 9.90 Å². The summed E-state index contributed by atoms with van der Waals surface area (Å²) in [5.41, 5.74) is 3.64. The van der Waals surface area contributed by atoms with E-state index < -0.39 is 16.7 Å². The highest BCUT2D eigenvalue weighted by Gasteiger charge is 2.16. The molecule has 0 aliphatic carbocycles. The SMILES string of the molecule is O=C(Nn1c(-c2ccccc2)nc2ccccc2c1=O)c1ccc([NH+]([O-])O)cc1. The number of aromatic nitrogens is 2. The highest BCUT2D eigenvalue weighted by molar-refractivity contribution is 6.00. The third kappa shape index (κ3) is 3.63. The van der Waals surface area contributed by atoms with Gasteiger partial charge in [0.15, 0.2) is 11.5 Å². The highest BCUT2D eigenvalue weighted by Crippen LogP contribution is 2.18. The lowest BCUT2D eigenvalue weighted by Crippen LogP contribution is -2.99. The summed E-state index contributed by atoms with van der Waals surface area (Å²) in [4.78, 5) is 30.3. The van der Waals surface area contributed by atoms with Crippen molar-refractivity contribution in [2.24, 2.45) is 0 Å².